The number of aromatic amines is 1. The number of carbonyl (C=O) groups is 2. The van der Waals surface area contributed by atoms with Crippen LogP contribution in [0.4, 0.5) is 10.6 Å². The summed E-state index contributed by atoms with van der Waals surface area (Å²) in [5.41, 5.74) is 6.18. The lowest BCUT2D eigenvalue weighted by Crippen LogP contribution is -2.25. The van der Waals surface area contributed by atoms with Crippen LogP contribution in [0, 0.1) is 18.8 Å². The largest absolute Gasteiger partial charge is 0.443 e. The van der Waals surface area contributed by atoms with E-state index < -0.39 is 11.7 Å². The van der Waals surface area contributed by atoms with Gasteiger partial charge >= 0.3 is 6.09 Å². The number of rotatable bonds is 6. The maximum atomic E-state index is 12.1. The van der Waals surface area contributed by atoms with E-state index in [1.807, 2.05) is 6.92 Å². The summed E-state index contributed by atoms with van der Waals surface area (Å²) in [6, 6.07) is 3.48. The van der Waals surface area contributed by atoms with Crippen molar-refractivity contribution in [1.82, 2.24) is 15.4 Å². The van der Waals surface area contributed by atoms with Gasteiger partial charge in [0.2, 0.25) is 5.91 Å². The van der Waals surface area contributed by atoms with Crippen molar-refractivity contribution in [2.24, 2.45) is 17.6 Å². The third-order valence-electron chi connectivity index (χ3n) is 5.40. The van der Waals surface area contributed by atoms with E-state index in [1.54, 1.807) is 19.1 Å². The van der Waals surface area contributed by atoms with E-state index in [4.69, 9.17) is 19.7 Å². The second kappa shape index (κ2) is 6.93. The number of amides is 2. The summed E-state index contributed by atoms with van der Waals surface area (Å²) in [6.07, 6.45) is 0.788. The first kappa shape index (κ1) is 18.5. The molecule has 1 aliphatic heterocycles. The molecule has 10 heteroatoms. The Kier molecular flexibility index (Phi) is 4.58. The zero-order chi connectivity index (χ0) is 19.9. The molecule has 2 aliphatic rings. The van der Waals surface area contributed by atoms with Gasteiger partial charge in [0.15, 0.2) is 5.82 Å². The number of aryl methyl sites for hydroxylation is 1. The van der Waals surface area contributed by atoms with Gasteiger partial charge in [-0.3, -0.25) is 9.89 Å². The van der Waals surface area contributed by atoms with Crippen molar-refractivity contribution in [2.75, 3.05) is 11.9 Å². The number of carbonyl (C=O) groups excluding carboxylic acids is 2. The molecule has 0 spiro atoms. The van der Waals surface area contributed by atoms with Crippen molar-refractivity contribution in [3.63, 3.8) is 0 Å². The van der Waals surface area contributed by atoms with Crippen LogP contribution in [0.5, 0.6) is 0 Å². The molecular weight excluding hydrogens is 366 g/mol. The lowest BCUT2D eigenvalue weighted by atomic mass is 9.97. The molecule has 2 aromatic heterocycles. The Hall–Kier alpha value is -2.88. The van der Waals surface area contributed by atoms with Crippen LogP contribution < -0.4 is 11.1 Å². The molecule has 10 nitrogen and oxygen atoms in total. The molecule has 2 aromatic rings. The minimum absolute atomic E-state index is 0.0885. The molecule has 150 valence electrons. The molecule has 0 bridgehead atoms. The van der Waals surface area contributed by atoms with E-state index in [-0.39, 0.29) is 30.3 Å². The van der Waals surface area contributed by atoms with Gasteiger partial charge in [0, 0.05) is 18.1 Å². The van der Waals surface area contributed by atoms with Crippen LogP contribution in [-0.2, 0) is 20.7 Å². The van der Waals surface area contributed by atoms with Crippen LogP contribution in [-0.4, -0.2) is 39.6 Å². The summed E-state index contributed by atoms with van der Waals surface area (Å²) < 4.78 is 16.1. The molecule has 0 aromatic carbocycles. The minimum atomic E-state index is -0.741. The molecule has 1 saturated heterocycles. The van der Waals surface area contributed by atoms with E-state index in [1.165, 1.54) is 0 Å². The number of nitrogens with zero attached hydrogens (tertiary/aromatic N) is 2. The molecule has 1 saturated carbocycles. The van der Waals surface area contributed by atoms with E-state index in [0.29, 0.717) is 18.2 Å². The number of anilines is 1. The third-order valence-corrected chi connectivity index (χ3v) is 5.40. The standard InChI is InChI=1S/C18H23N5O5/c1-9-3-11(28-23-9)5-16(24)20-15-6-13(21-22-15)14-4-10(8-26-14)12-7-18(12,2)27-17(19)25/h3,6,10,12,14H,4-5,7-8H2,1-2H3,(H2,19,25)(H2,20,21,22,24). The Bertz CT molecular complexity index is 893. The highest BCUT2D eigenvalue weighted by atomic mass is 16.6. The fourth-order valence-electron chi connectivity index (χ4n) is 3.95. The number of hydrogen-bond acceptors (Lipinski definition) is 7. The van der Waals surface area contributed by atoms with Crippen LogP contribution in [0.1, 0.15) is 43.0 Å². The third kappa shape index (κ3) is 3.86. The second-order valence-electron chi connectivity index (χ2n) is 7.73. The molecule has 4 rings (SSSR count). The van der Waals surface area contributed by atoms with Gasteiger partial charge in [0.1, 0.15) is 11.4 Å². The van der Waals surface area contributed by atoms with Gasteiger partial charge in [-0.15, -0.1) is 0 Å². The topological polar surface area (TPSA) is 145 Å². The average molecular weight is 389 g/mol. The Morgan fingerprint density at radius 3 is 3.00 bits per heavy atom. The smallest absolute Gasteiger partial charge is 0.405 e. The highest BCUT2D eigenvalue weighted by molar-refractivity contribution is 5.91. The normalized spacial score (nSPS) is 28.9. The summed E-state index contributed by atoms with van der Waals surface area (Å²) in [5, 5.41) is 13.5. The number of nitrogens with two attached hydrogens (primary N) is 1. The van der Waals surface area contributed by atoms with E-state index in [0.717, 1.165) is 24.2 Å². The van der Waals surface area contributed by atoms with Crippen LogP contribution in [0.2, 0.25) is 0 Å². The summed E-state index contributed by atoms with van der Waals surface area (Å²) in [5.74, 6) is 1.22. The molecule has 2 fully saturated rings. The lowest BCUT2D eigenvalue weighted by Gasteiger charge is -2.14. The number of nitrogens with one attached hydrogen (secondary N) is 2. The predicted molar refractivity (Wildman–Crippen MR) is 96.1 cm³/mol. The minimum Gasteiger partial charge on any atom is -0.443 e. The summed E-state index contributed by atoms with van der Waals surface area (Å²) in [6.45, 7) is 4.28. The maximum Gasteiger partial charge on any atom is 0.405 e. The Labute approximate surface area is 161 Å². The molecule has 28 heavy (non-hydrogen) atoms. The molecule has 4 N–H and O–H groups in total. The van der Waals surface area contributed by atoms with Crippen molar-refractivity contribution in [3.05, 3.63) is 29.3 Å². The SMILES string of the molecule is Cc1cc(CC(=O)Nc2cc(C3CC(C4CC4(C)OC(N)=O)CO3)[nH]n2)on1. The number of hydrogen-bond donors (Lipinski definition) is 3. The summed E-state index contributed by atoms with van der Waals surface area (Å²) in [7, 11) is 0. The molecule has 4 unspecified atom stereocenters. The Morgan fingerprint density at radius 2 is 2.29 bits per heavy atom. The fourth-order valence-corrected chi connectivity index (χ4v) is 3.95. The fraction of sp³-hybridized carbons (Fsp3) is 0.556. The van der Waals surface area contributed by atoms with Gasteiger partial charge in [0.05, 0.1) is 30.5 Å². The van der Waals surface area contributed by atoms with E-state index in [2.05, 4.69) is 20.7 Å². The van der Waals surface area contributed by atoms with Crippen LogP contribution in [0.25, 0.3) is 0 Å². The van der Waals surface area contributed by atoms with E-state index in [9.17, 15) is 9.59 Å². The average Bonchev–Trinajstić information content (AvgIpc) is 3.07. The quantitative estimate of drug-likeness (QED) is 0.683. The van der Waals surface area contributed by atoms with Crippen molar-refractivity contribution >= 4 is 17.8 Å². The monoisotopic (exact) mass is 389 g/mol. The van der Waals surface area contributed by atoms with E-state index >= 15 is 0 Å². The number of ether oxygens (including phenoxy) is 2. The van der Waals surface area contributed by atoms with Crippen LogP contribution >= 0.6 is 0 Å². The van der Waals surface area contributed by atoms with Gasteiger partial charge in [-0.05, 0) is 32.6 Å². The first-order chi connectivity index (χ1) is 13.3. The van der Waals surface area contributed by atoms with Gasteiger partial charge in [-0.25, -0.2) is 4.79 Å². The zero-order valence-corrected chi connectivity index (χ0v) is 15.7. The van der Waals surface area contributed by atoms with Crippen molar-refractivity contribution in [1.29, 1.82) is 0 Å². The number of primary amides is 1. The summed E-state index contributed by atoms with van der Waals surface area (Å²) >= 11 is 0. The molecular formula is C18H23N5O5. The molecule has 2 amide bonds. The van der Waals surface area contributed by atoms with Gasteiger partial charge in [-0.2, -0.15) is 5.10 Å². The van der Waals surface area contributed by atoms with Crippen molar-refractivity contribution < 1.29 is 23.6 Å². The van der Waals surface area contributed by atoms with Gasteiger partial charge in [0.25, 0.3) is 0 Å². The Morgan fingerprint density at radius 1 is 1.46 bits per heavy atom. The van der Waals surface area contributed by atoms with Gasteiger partial charge in [-0.1, -0.05) is 5.16 Å². The van der Waals surface area contributed by atoms with Crippen molar-refractivity contribution in [2.45, 2.75) is 44.8 Å². The summed E-state index contributed by atoms with van der Waals surface area (Å²) in [4.78, 5) is 23.1. The Balaban J connectivity index is 1.30. The molecule has 1 aliphatic carbocycles. The zero-order valence-electron chi connectivity index (χ0n) is 15.7. The molecule has 3 heterocycles. The van der Waals surface area contributed by atoms with Crippen molar-refractivity contribution in [3.8, 4) is 0 Å². The molecule has 4 atom stereocenters. The first-order valence-electron chi connectivity index (χ1n) is 9.20. The predicted octanol–water partition coefficient (Wildman–Crippen LogP) is 1.84. The second-order valence-corrected chi connectivity index (χ2v) is 7.73. The first-order valence-corrected chi connectivity index (χ1v) is 9.20. The van der Waals surface area contributed by atoms with Crippen LogP contribution in [0.15, 0.2) is 16.7 Å². The van der Waals surface area contributed by atoms with Crippen LogP contribution in [0.3, 0.4) is 0 Å². The van der Waals surface area contributed by atoms with Gasteiger partial charge < -0.3 is 25.0 Å². The highest BCUT2D eigenvalue weighted by Gasteiger charge is 2.58. The number of aromatic nitrogens is 3. The highest BCUT2D eigenvalue weighted by Crippen LogP contribution is 2.55. The molecule has 0 radical (unpaired) electrons. The number of H-pyrrole nitrogens is 1. The maximum absolute atomic E-state index is 12.1. The lowest BCUT2D eigenvalue weighted by molar-refractivity contribution is -0.115.